The molecule has 0 saturated carbocycles. The lowest BCUT2D eigenvalue weighted by Crippen LogP contribution is -2.23. The summed E-state index contributed by atoms with van der Waals surface area (Å²) < 4.78 is 0. The molecule has 1 heterocycles. The smallest absolute Gasteiger partial charge is 0.228 e. The van der Waals surface area contributed by atoms with Crippen molar-refractivity contribution in [3.8, 4) is 0 Å². The molecule has 4 heteroatoms. The number of hydrogen-bond donors (Lipinski definition) is 2. The van der Waals surface area contributed by atoms with Crippen LogP contribution in [-0.4, -0.2) is 17.6 Å². The van der Waals surface area contributed by atoms with Crippen molar-refractivity contribution >= 4 is 23.2 Å². The normalized spacial score (nSPS) is 14.9. The lowest BCUT2D eigenvalue weighted by atomic mass is 9.83. The molecule has 1 aromatic carbocycles. The monoisotopic (exact) mass is 239 g/mol. The molecular formula is C12H14ClNO2. The van der Waals surface area contributed by atoms with Gasteiger partial charge in [-0.1, -0.05) is 25.4 Å². The highest BCUT2D eigenvalue weighted by Gasteiger charge is 2.29. The van der Waals surface area contributed by atoms with Crippen molar-refractivity contribution in [3.05, 3.63) is 28.3 Å². The number of benzene rings is 1. The molecular weight excluding hydrogens is 226 g/mol. The number of fused-ring (bicyclic) bond motifs is 1. The summed E-state index contributed by atoms with van der Waals surface area (Å²) in [5.74, 6) is -0.0211. The first-order valence-corrected chi connectivity index (χ1v) is 5.55. The Balaban J connectivity index is 2.59. The molecule has 16 heavy (non-hydrogen) atoms. The van der Waals surface area contributed by atoms with Gasteiger partial charge in [0.1, 0.15) is 0 Å². The molecule has 0 aliphatic carbocycles. The molecule has 1 aromatic rings. The molecule has 0 aromatic heterocycles. The third kappa shape index (κ3) is 1.81. The molecule has 0 saturated heterocycles. The molecule has 1 amide bonds. The van der Waals surface area contributed by atoms with Gasteiger partial charge in [0.05, 0.1) is 13.0 Å². The summed E-state index contributed by atoms with van der Waals surface area (Å²) in [5.41, 5.74) is 2.21. The van der Waals surface area contributed by atoms with Gasteiger partial charge in [0, 0.05) is 16.1 Å². The Kier molecular flexibility index (Phi) is 2.68. The van der Waals surface area contributed by atoms with Crippen LogP contribution in [-0.2, 0) is 16.6 Å². The summed E-state index contributed by atoms with van der Waals surface area (Å²) >= 11 is 6.02. The number of nitrogens with one attached hydrogen (secondary N) is 1. The summed E-state index contributed by atoms with van der Waals surface area (Å²) in [5, 5.41) is 12.8. The maximum absolute atomic E-state index is 11.4. The standard InChI is InChI=1S/C12H14ClNO2/c1-12(2,6-15)9-5-8(13)3-7-4-10(16)14-11(7)9/h3,5,15H,4,6H2,1-2H3,(H,14,16). The molecule has 2 rings (SSSR count). The summed E-state index contributed by atoms with van der Waals surface area (Å²) in [6, 6.07) is 3.61. The summed E-state index contributed by atoms with van der Waals surface area (Å²) in [6.45, 7) is 3.85. The summed E-state index contributed by atoms with van der Waals surface area (Å²) in [6.07, 6.45) is 0.365. The second-order valence-corrected chi connectivity index (χ2v) is 5.19. The van der Waals surface area contributed by atoms with E-state index in [1.807, 2.05) is 19.9 Å². The van der Waals surface area contributed by atoms with E-state index >= 15 is 0 Å². The third-order valence-electron chi connectivity index (χ3n) is 2.92. The van der Waals surface area contributed by atoms with E-state index in [-0.39, 0.29) is 12.5 Å². The van der Waals surface area contributed by atoms with Crippen LogP contribution in [0.5, 0.6) is 0 Å². The number of carbonyl (C=O) groups excluding carboxylic acids is 1. The predicted octanol–water partition coefficient (Wildman–Crippen LogP) is 2.10. The Morgan fingerprint density at radius 1 is 1.50 bits per heavy atom. The van der Waals surface area contributed by atoms with Crippen molar-refractivity contribution in [2.45, 2.75) is 25.7 Å². The average Bonchev–Trinajstić information content (AvgIpc) is 2.56. The second kappa shape index (κ2) is 3.75. The maximum Gasteiger partial charge on any atom is 0.228 e. The third-order valence-corrected chi connectivity index (χ3v) is 3.14. The van der Waals surface area contributed by atoms with Gasteiger partial charge >= 0.3 is 0 Å². The van der Waals surface area contributed by atoms with Crippen LogP contribution in [0.4, 0.5) is 5.69 Å². The highest BCUT2D eigenvalue weighted by molar-refractivity contribution is 6.31. The molecule has 3 nitrogen and oxygen atoms in total. The minimum Gasteiger partial charge on any atom is -0.395 e. The van der Waals surface area contributed by atoms with Crippen molar-refractivity contribution in [2.75, 3.05) is 11.9 Å². The highest BCUT2D eigenvalue weighted by Crippen LogP contribution is 2.37. The van der Waals surface area contributed by atoms with Crippen LogP contribution in [0.2, 0.25) is 5.02 Å². The van der Waals surface area contributed by atoms with E-state index in [0.29, 0.717) is 11.4 Å². The molecule has 0 unspecified atom stereocenters. The fraction of sp³-hybridized carbons (Fsp3) is 0.417. The Morgan fingerprint density at radius 3 is 2.81 bits per heavy atom. The van der Waals surface area contributed by atoms with Crippen molar-refractivity contribution in [2.24, 2.45) is 0 Å². The van der Waals surface area contributed by atoms with E-state index in [0.717, 1.165) is 16.8 Å². The number of carbonyl (C=O) groups is 1. The number of aliphatic hydroxyl groups is 1. The van der Waals surface area contributed by atoms with Gasteiger partial charge in [-0.05, 0) is 23.3 Å². The number of halogens is 1. The number of amides is 1. The van der Waals surface area contributed by atoms with E-state index in [1.165, 1.54) is 0 Å². The molecule has 0 spiro atoms. The van der Waals surface area contributed by atoms with Crippen molar-refractivity contribution in [1.82, 2.24) is 0 Å². The van der Waals surface area contributed by atoms with Crippen LogP contribution in [0.3, 0.4) is 0 Å². The molecule has 1 aliphatic heterocycles. The minimum atomic E-state index is -0.410. The van der Waals surface area contributed by atoms with Gasteiger partial charge in [-0.15, -0.1) is 0 Å². The lowest BCUT2D eigenvalue weighted by molar-refractivity contribution is -0.115. The zero-order valence-corrected chi connectivity index (χ0v) is 10.1. The van der Waals surface area contributed by atoms with E-state index in [4.69, 9.17) is 11.6 Å². The number of hydrogen-bond acceptors (Lipinski definition) is 2. The lowest BCUT2D eigenvalue weighted by Gasteiger charge is -2.25. The van der Waals surface area contributed by atoms with Crippen LogP contribution in [0.25, 0.3) is 0 Å². The molecule has 2 N–H and O–H groups in total. The van der Waals surface area contributed by atoms with Crippen LogP contribution in [0, 0.1) is 0 Å². The quantitative estimate of drug-likeness (QED) is 0.831. The van der Waals surface area contributed by atoms with E-state index in [1.54, 1.807) is 6.07 Å². The molecule has 0 fully saturated rings. The van der Waals surface area contributed by atoms with Gasteiger partial charge < -0.3 is 10.4 Å². The summed E-state index contributed by atoms with van der Waals surface area (Å²) in [7, 11) is 0. The van der Waals surface area contributed by atoms with Gasteiger partial charge in [0.15, 0.2) is 0 Å². The van der Waals surface area contributed by atoms with Gasteiger partial charge in [0.2, 0.25) is 5.91 Å². The van der Waals surface area contributed by atoms with Crippen molar-refractivity contribution in [3.63, 3.8) is 0 Å². The molecule has 86 valence electrons. The fourth-order valence-corrected chi connectivity index (χ4v) is 2.17. The van der Waals surface area contributed by atoms with Gasteiger partial charge in [-0.3, -0.25) is 4.79 Å². The summed E-state index contributed by atoms with van der Waals surface area (Å²) in [4.78, 5) is 11.4. The molecule has 0 radical (unpaired) electrons. The second-order valence-electron chi connectivity index (χ2n) is 4.75. The Hall–Kier alpha value is -1.06. The molecule has 0 bridgehead atoms. The van der Waals surface area contributed by atoms with Gasteiger partial charge in [-0.25, -0.2) is 0 Å². The minimum absolute atomic E-state index is 0.00958. The number of rotatable bonds is 2. The zero-order valence-electron chi connectivity index (χ0n) is 9.30. The first-order valence-electron chi connectivity index (χ1n) is 5.17. The largest absolute Gasteiger partial charge is 0.395 e. The maximum atomic E-state index is 11.4. The van der Waals surface area contributed by atoms with Crippen molar-refractivity contribution < 1.29 is 9.90 Å². The van der Waals surface area contributed by atoms with Crippen LogP contribution in [0.1, 0.15) is 25.0 Å². The Labute approximate surface area is 99.4 Å². The molecule has 1 aliphatic rings. The number of anilines is 1. The SMILES string of the molecule is CC(C)(CO)c1cc(Cl)cc2c1NC(=O)C2. The molecule has 0 atom stereocenters. The Bertz CT molecular complexity index is 455. The van der Waals surface area contributed by atoms with E-state index < -0.39 is 5.41 Å². The van der Waals surface area contributed by atoms with E-state index in [9.17, 15) is 9.90 Å². The van der Waals surface area contributed by atoms with Crippen molar-refractivity contribution in [1.29, 1.82) is 0 Å². The topological polar surface area (TPSA) is 49.3 Å². The van der Waals surface area contributed by atoms with Gasteiger partial charge in [-0.2, -0.15) is 0 Å². The van der Waals surface area contributed by atoms with E-state index in [2.05, 4.69) is 5.32 Å². The zero-order chi connectivity index (χ0) is 11.9. The predicted molar refractivity (Wildman–Crippen MR) is 63.9 cm³/mol. The van der Waals surface area contributed by atoms with Gasteiger partial charge in [0.25, 0.3) is 0 Å². The first kappa shape index (κ1) is 11.4. The number of aliphatic hydroxyl groups excluding tert-OH is 1. The first-order chi connectivity index (χ1) is 7.44. The van der Waals surface area contributed by atoms with Crippen LogP contribution in [0.15, 0.2) is 12.1 Å². The average molecular weight is 240 g/mol. The van der Waals surface area contributed by atoms with Crippen LogP contribution < -0.4 is 5.32 Å². The fourth-order valence-electron chi connectivity index (χ4n) is 1.93. The van der Waals surface area contributed by atoms with Crippen LogP contribution >= 0.6 is 11.6 Å². The Morgan fingerprint density at radius 2 is 2.19 bits per heavy atom. The highest BCUT2D eigenvalue weighted by atomic mass is 35.5.